The summed E-state index contributed by atoms with van der Waals surface area (Å²) in [6.45, 7) is 9.35. The summed E-state index contributed by atoms with van der Waals surface area (Å²) in [5.41, 5.74) is 2.57. The predicted octanol–water partition coefficient (Wildman–Crippen LogP) is 3.49. The molecule has 0 heterocycles. The van der Waals surface area contributed by atoms with Crippen molar-refractivity contribution in [3.8, 4) is 5.75 Å². The third kappa shape index (κ3) is 4.08. The fraction of sp³-hybridized carbons (Fsp3) is 0.471. The molecule has 1 amide bonds. The highest BCUT2D eigenvalue weighted by molar-refractivity contribution is 5.98. The minimum Gasteiger partial charge on any atom is -0.466 e. The Balaban J connectivity index is 3.36. The third-order valence-corrected chi connectivity index (χ3v) is 3.35. The first-order valence-corrected chi connectivity index (χ1v) is 7.27. The van der Waals surface area contributed by atoms with Crippen LogP contribution in [0.3, 0.4) is 0 Å². The van der Waals surface area contributed by atoms with Gasteiger partial charge in [0, 0.05) is 25.8 Å². The summed E-state index contributed by atoms with van der Waals surface area (Å²) < 4.78 is 10.7. The minimum atomic E-state index is -0.0168. The lowest BCUT2D eigenvalue weighted by molar-refractivity contribution is 0.0490. The first-order valence-electron chi connectivity index (χ1n) is 7.27. The van der Waals surface area contributed by atoms with Gasteiger partial charge >= 0.3 is 0 Å². The zero-order chi connectivity index (χ0) is 15.8. The molecule has 0 saturated heterocycles. The van der Waals surface area contributed by atoms with Crippen LogP contribution in [0, 0.1) is 6.92 Å². The van der Waals surface area contributed by atoms with Gasteiger partial charge in [-0.1, -0.05) is 18.2 Å². The molecule has 0 radical (unpaired) electrons. The molecule has 0 aliphatic rings. The van der Waals surface area contributed by atoms with Crippen molar-refractivity contribution in [3.05, 3.63) is 34.9 Å². The SMILES string of the molecule is C/C=C/c1c(C)ccc(C(=O)N(CC)CC)c1OCOC. The predicted molar refractivity (Wildman–Crippen MR) is 85.6 cm³/mol. The highest BCUT2D eigenvalue weighted by Gasteiger charge is 2.20. The van der Waals surface area contributed by atoms with Gasteiger partial charge in [0.05, 0.1) is 5.56 Å². The summed E-state index contributed by atoms with van der Waals surface area (Å²) in [4.78, 5) is 14.4. The van der Waals surface area contributed by atoms with Crippen molar-refractivity contribution in [3.63, 3.8) is 0 Å². The van der Waals surface area contributed by atoms with Crippen molar-refractivity contribution in [2.45, 2.75) is 27.7 Å². The van der Waals surface area contributed by atoms with Crippen LogP contribution in [-0.2, 0) is 4.74 Å². The zero-order valence-corrected chi connectivity index (χ0v) is 13.6. The maximum atomic E-state index is 12.6. The first-order chi connectivity index (χ1) is 10.1. The van der Waals surface area contributed by atoms with Gasteiger partial charge in [-0.3, -0.25) is 4.79 Å². The molecule has 0 atom stereocenters. The Kier molecular flexibility index (Phi) is 6.96. The van der Waals surface area contributed by atoms with Gasteiger partial charge in [0.2, 0.25) is 0 Å². The second-order valence-corrected chi connectivity index (χ2v) is 4.70. The van der Waals surface area contributed by atoms with Crippen LogP contribution in [0.2, 0.25) is 0 Å². The Bertz CT molecular complexity index is 505. The molecule has 116 valence electrons. The molecular formula is C17H25NO3. The lowest BCUT2D eigenvalue weighted by Gasteiger charge is -2.22. The number of nitrogens with zero attached hydrogens (tertiary/aromatic N) is 1. The zero-order valence-electron chi connectivity index (χ0n) is 13.6. The van der Waals surface area contributed by atoms with E-state index in [2.05, 4.69) is 0 Å². The number of aryl methyl sites for hydroxylation is 1. The van der Waals surface area contributed by atoms with Crippen molar-refractivity contribution >= 4 is 12.0 Å². The van der Waals surface area contributed by atoms with E-state index in [4.69, 9.17) is 9.47 Å². The van der Waals surface area contributed by atoms with E-state index in [0.717, 1.165) is 11.1 Å². The molecule has 1 aromatic rings. The van der Waals surface area contributed by atoms with Crippen LogP contribution in [-0.4, -0.2) is 37.8 Å². The molecule has 0 spiro atoms. The molecule has 21 heavy (non-hydrogen) atoms. The number of ether oxygens (including phenoxy) is 2. The first kappa shape index (κ1) is 17.2. The molecule has 0 aromatic heterocycles. The Morgan fingerprint density at radius 1 is 1.29 bits per heavy atom. The fourth-order valence-corrected chi connectivity index (χ4v) is 2.19. The van der Waals surface area contributed by atoms with Gasteiger partial charge in [-0.2, -0.15) is 0 Å². The summed E-state index contributed by atoms with van der Waals surface area (Å²) in [5.74, 6) is 0.573. The molecule has 0 saturated carbocycles. The van der Waals surface area contributed by atoms with Gasteiger partial charge in [0.25, 0.3) is 5.91 Å². The van der Waals surface area contributed by atoms with E-state index in [1.54, 1.807) is 12.0 Å². The Morgan fingerprint density at radius 2 is 1.95 bits per heavy atom. The lowest BCUT2D eigenvalue weighted by Crippen LogP contribution is -2.31. The van der Waals surface area contributed by atoms with Gasteiger partial charge in [-0.05, 0) is 39.3 Å². The number of carbonyl (C=O) groups excluding carboxylic acids is 1. The molecule has 0 fully saturated rings. The van der Waals surface area contributed by atoms with E-state index in [0.29, 0.717) is 24.4 Å². The second-order valence-electron chi connectivity index (χ2n) is 4.70. The number of rotatable bonds is 7. The average molecular weight is 291 g/mol. The lowest BCUT2D eigenvalue weighted by atomic mass is 10.0. The number of methoxy groups -OCH3 is 1. The molecule has 0 N–H and O–H groups in total. The molecule has 1 rings (SSSR count). The van der Waals surface area contributed by atoms with Crippen LogP contribution >= 0.6 is 0 Å². The van der Waals surface area contributed by atoms with Crippen LogP contribution in [0.5, 0.6) is 5.75 Å². The number of amides is 1. The normalized spacial score (nSPS) is 10.9. The summed E-state index contributed by atoms with van der Waals surface area (Å²) in [5, 5.41) is 0. The topological polar surface area (TPSA) is 38.8 Å². The largest absolute Gasteiger partial charge is 0.466 e. The van der Waals surface area contributed by atoms with Gasteiger partial charge in [-0.25, -0.2) is 0 Å². The summed E-state index contributed by atoms with van der Waals surface area (Å²) in [6.07, 6.45) is 3.90. The number of carbonyl (C=O) groups is 1. The number of hydrogen-bond acceptors (Lipinski definition) is 3. The van der Waals surface area contributed by atoms with Gasteiger partial charge in [-0.15, -0.1) is 0 Å². The maximum Gasteiger partial charge on any atom is 0.257 e. The molecule has 0 aliphatic carbocycles. The maximum absolute atomic E-state index is 12.6. The molecule has 4 nitrogen and oxygen atoms in total. The Morgan fingerprint density at radius 3 is 2.48 bits per heavy atom. The Hall–Kier alpha value is -1.81. The van der Waals surface area contributed by atoms with Crippen LogP contribution in [0.15, 0.2) is 18.2 Å². The highest BCUT2D eigenvalue weighted by atomic mass is 16.7. The monoisotopic (exact) mass is 291 g/mol. The number of allylic oxidation sites excluding steroid dienone is 1. The quantitative estimate of drug-likeness (QED) is 0.722. The molecule has 0 bridgehead atoms. The van der Waals surface area contributed by atoms with E-state index in [1.807, 2.05) is 52.0 Å². The third-order valence-electron chi connectivity index (χ3n) is 3.35. The van der Waals surface area contributed by atoms with Gasteiger partial charge in [0.15, 0.2) is 6.79 Å². The van der Waals surface area contributed by atoms with Crippen LogP contribution < -0.4 is 4.74 Å². The van der Waals surface area contributed by atoms with Gasteiger partial charge < -0.3 is 14.4 Å². The van der Waals surface area contributed by atoms with Crippen molar-refractivity contribution in [2.24, 2.45) is 0 Å². The standard InChI is InChI=1S/C17H25NO3/c1-6-9-14-13(4)10-11-15(16(14)21-12-20-5)17(19)18(7-2)8-3/h6,9-11H,7-8,12H2,1-5H3/b9-6+. The van der Waals surface area contributed by atoms with Crippen molar-refractivity contribution in [1.29, 1.82) is 0 Å². The van der Waals surface area contributed by atoms with E-state index in [-0.39, 0.29) is 12.7 Å². The Labute approximate surface area is 127 Å². The van der Waals surface area contributed by atoms with Crippen molar-refractivity contribution in [2.75, 3.05) is 27.0 Å². The summed E-state index contributed by atoms with van der Waals surface area (Å²) in [6, 6.07) is 3.78. The number of benzene rings is 1. The van der Waals surface area contributed by atoms with Crippen LogP contribution in [0.1, 0.15) is 42.3 Å². The van der Waals surface area contributed by atoms with Crippen LogP contribution in [0.25, 0.3) is 6.08 Å². The van der Waals surface area contributed by atoms with E-state index in [1.165, 1.54) is 0 Å². The molecule has 0 aliphatic heterocycles. The minimum absolute atomic E-state index is 0.0168. The van der Waals surface area contributed by atoms with Crippen molar-refractivity contribution < 1.29 is 14.3 Å². The van der Waals surface area contributed by atoms with E-state index in [9.17, 15) is 4.79 Å². The van der Waals surface area contributed by atoms with Gasteiger partial charge in [0.1, 0.15) is 5.75 Å². The fourth-order valence-electron chi connectivity index (χ4n) is 2.19. The molecule has 0 unspecified atom stereocenters. The molecule has 4 heteroatoms. The molecular weight excluding hydrogens is 266 g/mol. The summed E-state index contributed by atoms with van der Waals surface area (Å²) >= 11 is 0. The van der Waals surface area contributed by atoms with E-state index < -0.39 is 0 Å². The van der Waals surface area contributed by atoms with E-state index >= 15 is 0 Å². The second kappa shape index (κ2) is 8.47. The molecule has 1 aromatic carbocycles. The highest BCUT2D eigenvalue weighted by Crippen LogP contribution is 2.30. The number of hydrogen-bond donors (Lipinski definition) is 0. The van der Waals surface area contributed by atoms with Crippen molar-refractivity contribution in [1.82, 2.24) is 4.90 Å². The van der Waals surface area contributed by atoms with Crippen LogP contribution in [0.4, 0.5) is 0 Å². The smallest absolute Gasteiger partial charge is 0.257 e. The summed E-state index contributed by atoms with van der Waals surface area (Å²) in [7, 11) is 1.57. The average Bonchev–Trinajstić information content (AvgIpc) is 2.49.